The highest BCUT2D eigenvalue weighted by Crippen LogP contribution is 2.18. The third kappa shape index (κ3) is 4.06. The molecule has 0 radical (unpaired) electrons. The third-order valence-corrected chi connectivity index (χ3v) is 4.14. The molecule has 1 aromatic carbocycles. The standard InChI is InChI=1S/C17H23FN2O2/c1-3-16(21)20-8-4-5-14(11-20)17(22)19-10-13-6-7-15(18)12(2)9-13/h6-7,9,14H,3-5,8,10-11H2,1-2H3,(H,19,22). The second kappa shape index (κ2) is 7.38. The molecular formula is C17H23FN2O2. The Balaban J connectivity index is 1.88. The average molecular weight is 306 g/mol. The maximum atomic E-state index is 13.2. The summed E-state index contributed by atoms with van der Waals surface area (Å²) in [6.45, 7) is 5.17. The number of benzene rings is 1. The van der Waals surface area contributed by atoms with Crippen molar-refractivity contribution in [3.8, 4) is 0 Å². The Morgan fingerprint density at radius 2 is 2.18 bits per heavy atom. The van der Waals surface area contributed by atoms with E-state index < -0.39 is 0 Å². The minimum Gasteiger partial charge on any atom is -0.352 e. The van der Waals surface area contributed by atoms with E-state index >= 15 is 0 Å². The van der Waals surface area contributed by atoms with E-state index in [-0.39, 0.29) is 23.5 Å². The molecule has 0 saturated carbocycles. The Hall–Kier alpha value is -1.91. The van der Waals surface area contributed by atoms with Crippen molar-refractivity contribution in [2.24, 2.45) is 5.92 Å². The zero-order valence-electron chi connectivity index (χ0n) is 13.2. The lowest BCUT2D eigenvalue weighted by atomic mass is 9.96. The molecule has 1 aliphatic rings. The van der Waals surface area contributed by atoms with Crippen LogP contribution in [0.2, 0.25) is 0 Å². The molecule has 1 aliphatic heterocycles. The van der Waals surface area contributed by atoms with Gasteiger partial charge in [-0.1, -0.05) is 19.1 Å². The van der Waals surface area contributed by atoms with Crippen molar-refractivity contribution in [3.05, 3.63) is 35.1 Å². The monoisotopic (exact) mass is 306 g/mol. The van der Waals surface area contributed by atoms with Crippen LogP contribution >= 0.6 is 0 Å². The lowest BCUT2D eigenvalue weighted by Gasteiger charge is -2.31. The number of carbonyl (C=O) groups excluding carboxylic acids is 2. The van der Waals surface area contributed by atoms with Gasteiger partial charge in [-0.2, -0.15) is 0 Å². The molecule has 1 aromatic rings. The van der Waals surface area contributed by atoms with Crippen molar-refractivity contribution in [1.82, 2.24) is 10.2 Å². The number of hydrogen-bond acceptors (Lipinski definition) is 2. The summed E-state index contributed by atoms with van der Waals surface area (Å²) < 4.78 is 13.2. The number of amides is 2. The van der Waals surface area contributed by atoms with E-state index in [4.69, 9.17) is 0 Å². The van der Waals surface area contributed by atoms with Crippen molar-refractivity contribution in [1.29, 1.82) is 0 Å². The van der Waals surface area contributed by atoms with Crippen molar-refractivity contribution in [2.45, 2.75) is 39.7 Å². The summed E-state index contributed by atoms with van der Waals surface area (Å²) in [4.78, 5) is 25.8. The fourth-order valence-corrected chi connectivity index (χ4v) is 2.79. The van der Waals surface area contributed by atoms with Gasteiger partial charge in [-0.15, -0.1) is 0 Å². The second-order valence-corrected chi connectivity index (χ2v) is 5.83. The van der Waals surface area contributed by atoms with Crippen molar-refractivity contribution in [3.63, 3.8) is 0 Å². The molecule has 4 nitrogen and oxygen atoms in total. The summed E-state index contributed by atoms with van der Waals surface area (Å²) in [5.74, 6) is -0.316. The van der Waals surface area contributed by atoms with Gasteiger partial charge in [0.2, 0.25) is 11.8 Å². The molecule has 0 spiro atoms. The number of nitrogens with one attached hydrogen (secondary N) is 1. The number of rotatable bonds is 4. The normalized spacial score (nSPS) is 18.1. The Labute approximate surface area is 130 Å². The van der Waals surface area contributed by atoms with Crippen LogP contribution in [0, 0.1) is 18.7 Å². The molecule has 1 fully saturated rings. The molecule has 2 amide bonds. The molecule has 22 heavy (non-hydrogen) atoms. The quantitative estimate of drug-likeness (QED) is 0.928. The topological polar surface area (TPSA) is 49.4 Å². The maximum absolute atomic E-state index is 13.2. The van der Waals surface area contributed by atoms with E-state index in [9.17, 15) is 14.0 Å². The molecule has 1 N–H and O–H groups in total. The summed E-state index contributed by atoms with van der Waals surface area (Å²) in [7, 11) is 0. The molecule has 1 unspecified atom stereocenters. The van der Waals surface area contributed by atoms with Crippen LogP contribution in [-0.2, 0) is 16.1 Å². The van der Waals surface area contributed by atoms with Crippen LogP contribution in [0.3, 0.4) is 0 Å². The van der Waals surface area contributed by atoms with Crippen molar-refractivity contribution >= 4 is 11.8 Å². The van der Waals surface area contributed by atoms with E-state index in [1.54, 1.807) is 24.0 Å². The number of likely N-dealkylation sites (tertiary alicyclic amines) is 1. The fraction of sp³-hybridized carbons (Fsp3) is 0.529. The SMILES string of the molecule is CCC(=O)N1CCCC(C(=O)NCc2ccc(F)c(C)c2)C1. The van der Waals surface area contributed by atoms with E-state index in [0.29, 0.717) is 25.1 Å². The van der Waals surface area contributed by atoms with Crippen molar-refractivity contribution in [2.75, 3.05) is 13.1 Å². The Kier molecular flexibility index (Phi) is 5.52. The molecule has 2 rings (SSSR count). The average Bonchev–Trinajstić information content (AvgIpc) is 2.55. The largest absolute Gasteiger partial charge is 0.352 e. The van der Waals surface area contributed by atoms with Gasteiger partial charge in [0.15, 0.2) is 0 Å². The number of aryl methyl sites for hydroxylation is 1. The highest BCUT2D eigenvalue weighted by atomic mass is 19.1. The highest BCUT2D eigenvalue weighted by molar-refractivity contribution is 5.81. The molecule has 120 valence electrons. The van der Waals surface area contributed by atoms with Crippen LogP contribution in [0.15, 0.2) is 18.2 Å². The van der Waals surface area contributed by atoms with Gasteiger partial charge in [0.25, 0.3) is 0 Å². The maximum Gasteiger partial charge on any atom is 0.225 e. The first-order chi connectivity index (χ1) is 10.5. The first kappa shape index (κ1) is 16.5. The zero-order chi connectivity index (χ0) is 16.1. The van der Waals surface area contributed by atoms with Crippen LogP contribution < -0.4 is 5.32 Å². The highest BCUT2D eigenvalue weighted by Gasteiger charge is 2.27. The summed E-state index contributed by atoms with van der Waals surface area (Å²) in [5.41, 5.74) is 1.45. The Morgan fingerprint density at radius 3 is 2.86 bits per heavy atom. The van der Waals surface area contributed by atoms with Gasteiger partial charge in [-0.25, -0.2) is 4.39 Å². The molecule has 0 aromatic heterocycles. The van der Waals surface area contributed by atoms with Gasteiger partial charge in [0.1, 0.15) is 5.82 Å². The molecule has 0 bridgehead atoms. The molecule has 5 heteroatoms. The predicted molar refractivity (Wildman–Crippen MR) is 82.6 cm³/mol. The van der Waals surface area contributed by atoms with Crippen LogP contribution in [0.25, 0.3) is 0 Å². The lowest BCUT2D eigenvalue weighted by Crippen LogP contribution is -2.45. The molecule has 1 atom stereocenters. The lowest BCUT2D eigenvalue weighted by molar-refractivity contribution is -0.135. The fourth-order valence-electron chi connectivity index (χ4n) is 2.79. The number of hydrogen-bond donors (Lipinski definition) is 1. The number of nitrogens with zero attached hydrogens (tertiary/aromatic N) is 1. The van der Waals surface area contributed by atoms with Gasteiger partial charge in [-0.3, -0.25) is 9.59 Å². The Morgan fingerprint density at radius 1 is 1.41 bits per heavy atom. The Bertz CT molecular complexity index is 560. The van der Waals surface area contributed by atoms with Crippen LogP contribution in [0.4, 0.5) is 4.39 Å². The summed E-state index contributed by atoms with van der Waals surface area (Å²) in [6.07, 6.45) is 2.14. The molecule has 0 aliphatic carbocycles. The van der Waals surface area contributed by atoms with Crippen molar-refractivity contribution < 1.29 is 14.0 Å². The number of piperidine rings is 1. The van der Waals surface area contributed by atoms with E-state index in [2.05, 4.69) is 5.32 Å². The van der Waals surface area contributed by atoms with Gasteiger partial charge >= 0.3 is 0 Å². The van der Waals surface area contributed by atoms with E-state index in [0.717, 1.165) is 24.9 Å². The second-order valence-electron chi connectivity index (χ2n) is 5.83. The predicted octanol–water partition coefficient (Wildman–Crippen LogP) is 2.40. The number of carbonyl (C=O) groups is 2. The minimum atomic E-state index is -0.240. The molecule has 1 saturated heterocycles. The molecular weight excluding hydrogens is 283 g/mol. The first-order valence-electron chi connectivity index (χ1n) is 7.81. The minimum absolute atomic E-state index is 0.0319. The van der Waals surface area contributed by atoms with Gasteiger partial charge in [-0.05, 0) is 37.0 Å². The van der Waals surface area contributed by atoms with Gasteiger partial charge < -0.3 is 10.2 Å². The number of halogens is 1. The first-order valence-corrected chi connectivity index (χ1v) is 7.81. The zero-order valence-corrected chi connectivity index (χ0v) is 13.2. The summed E-state index contributed by atoms with van der Waals surface area (Å²) in [6, 6.07) is 4.83. The summed E-state index contributed by atoms with van der Waals surface area (Å²) >= 11 is 0. The molecule has 1 heterocycles. The third-order valence-electron chi connectivity index (χ3n) is 4.14. The van der Waals surface area contributed by atoms with Gasteiger partial charge in [0, 0.05) is 26.1 Å². The van der Waals surface area contributed by atoms with E-state index in [1.165, 1.54) is 6.07 Å². The van der Waals surface area contributed by atoms with Crippen LogP contribution in [-0.4, -0.2) is 29.8 Å². The van der Waals surface area contributed by atoms with Crippen LogP contribution in [0.5, 0.6) is 0 Å². The van der Waals surface area contributed by atoms with E-state index in [1.807, 2.05) is 6.92 Å². The van der Waals surface area contributed by atoms with Gasteiger partial charge in [0.05, 0.1) is 5.92 Å². The smallest absolute Gasteiger partial charge is 0.225 e. The summed E-state index contributed by atoms with van der Waals surface area (Å²) in [5, 5.41) is 2.89. The van der Waals surface area contributed by atoms with Crippen LogP contribution in [0.1, 0.15) is 37.3 Å².